The summed E-state index contributed by atoms with van der Waals surface area (Å²) in [6.45, 7) is 4.77. The summed E-state index contributed by atoms with van der Waals surface area (Å²) in [6.07, 6.45) is 0. The molecule has 1 N–H and O–H groups in total. The van der Waals surface area contributed by atoms with E-state index in [2.05, 4.69) is 0 Å². The second-order valence-electron chi connectivity index (χ2n) is 1.45. The molecule has 7 heavy (non-hydrogen) atoms. The topological polar surface area (TPSA) is 20.2 Å². The van der Waals surface area contributed by atoms with Crippen molar-refractivity contribution < 1.29 is 9.37 Å². The highest BCUT2D eigenvalue weighted by Gasteiger charge is 2.15. The second-order valence-corrected chi connectivity index (χ2v) is 2.08. The Hall–Kier alpha value is 0.210. The van der Waals surface area contributed by atoms with Crippen molar-refractivity contribution in [2.24, 2.45) is 0 Å². The SMILES string of the molecule is CC[N+](O)(Cl)CC. The summed E-state index contributed by atoms with van der Waals surface area (Å²) in [7, 11) is 0. The van der Waals surface area contributed by atoms with Gasteiger partial charge in [-0.1, -0.05) is 4.17 Å². The predicted octanol–water partition coefficient (Wildman–Crippen LogP) is 1.39. The van der Waals surface area contributed by atoms with E-state index in [9.17, 15) is 0 Å². The highest BCUT2D eigenvalue weighted by Crippen LogP contribution is 2.03. The number of hydroxylamine groups is 2. The maximum absolute atomic E-state index is 8.83. The van der Waals surface area contributed by atoms with Crippen LogP contribution in [0.4, 0.5) is 0 Å². The summed E-state index contributed by atoms with van der Waals surface area (Å²) in [5, 5.41) is 8.83. The molecule has 2 nitrogen and oxygen atoms in total. The Labute approximate surface area is 49.0 Å². The smallest absolute Gasteiger partial charge is 0.198 e. The van der Waals surface area contributed by atoms with E-state index in [-0.39, 0.29) is 4.17 Å². The van der Waals surface area contributed by atoms with Crippen molar-refractivity contribution in [3.8, 4) is 0 Å². The molecular formula is C4H11ClNO+. The van der Waals surface area contributed by atoms with Crippen LogP contribution in [0, 0.1) is 0 Å². The van der Waals surface area contributed by atoms with Gasteiger partial charge in [-0.3, -0.25) is 0 Å². The third-order valence-corrected chi connectivity index (χ3v) is 1.45. The van der Waals surface area contributed by atoms with Crippen LogP contribution in [0.1, 0.15) is 13.8 Å². The Bertz CT molecular complexity index is 49.7. The van der Waals surface area contributed by atoms with Gasteiger partial charge in [0, 0.05) is 0 Å². The molecule has 0 fully saturated rings. The summed E-state index contributed by atoms with van der Waals surface area (Å²) in [6, 6.07) is 0. The fourth-order valence-electron chi connectivity index (χ4n) is 0.224. The molecule has 0 atom stereocenters. The monoisotopic (exact) mass is 124 g/mol. The summed E-state index contributed by atoms with van der Waals surface area (Å²) in [4.78, 5) is 0. The fraction of sp³-hybridized carbons (Fsp3) is 1.00. The lowest BCUT2D eigenvalue weighted by atomic mass is 10.6. The molecule has 0 aliphatic carbocycles. The molecule has 0 radical (unpaired) electrons. The van der Waals surface area contributed by atoms with Crippen LogP contribution in [0.2, 0.25) is 0 Å². The minimum Gasteiger partial charge on any atom is -0.198 e. The molecule has 0 aliphatic rings. The van der Waals surface area contributed by atoms with E-state index in [0.717, 1.165) is 0 Å². The van der Waals surface area contributed by atoms with Gasteiger partial charge in [-0.15, -0.1) is 0 Å². The second kappa shape index (κ2) is 2.50. The number of nitrogens with zero attached hydrogens (tertiary/aromatic N) is 1. The Morgan fingerprint density at radius 1 is 1.43 bits per heavy atom. The average Bonchev–Trinajstić information content (AvgIpc) is 1.68. The Kier molecular flexibility index (Phi) is 2.58. The van der Waals surface area contributed by atoms with Gasteiger partial charge in [0.05, 0.1) is 0 Å². The van der Waals surface area contributed by atoms with Crippen LogP contribution in [-0.2, 0) is 0 Å². The van der Waals surface area contributed by atoms with Crippen LogP contribution >= 0.6 is 11.8 Å². The molecule has 0 heterocycles. The predicted molar refractivity (Wildman–Crippen MR) is 29.0 cm³/mol. The first-order chi connectivity index (χ1) is 3.12. The number of quaternary nitrogens is 1. The number of halogens is 1. The first kappa shape index (κ1) is 7.21. The molecule has 0 saturated heterocycles. The van der Waals surface area contributed by atoms with Crippen molar-refractivity contribution in [3.05, 3.63) is 0 Å². The summed E-state index contributed by atoms with van der Waals surface area (Å²) >= 11 is 5.40. The lowest BCUT2D eigenvalue weighted by molar-refractivity contribution is -1.01. The molecule has 0 saturated carbocycles. The standard InChI is InChI=1S/C4H11ClNO/c1-3-6(5,7)4-2/h7H,3-4H2,1-2H3/q+1. The van der Waals surface area contributed by atoms with Gasteiger partial charge in [0.25, 0.3) is 0 Å². The zero-order valence-electron chi connectivity index (χ0n) is 4.69. The lowest BCUT2D eigenvalue weighted by Crippen LogP contribution is -2.33. The Morgan fingerprint density at radius 2 is 1.71 bits per heavy atom. The molecule has 0 aromatic heterocycles. The van der Waals surface area contributed by atoms with Gasteiger partial charge in [0.2, 0.25) is 11.8 Å². The van der Waals surface area contributed by atoms with Crippen LogP contribution in [0.5, 0.6) is 0 Å². The molecule has 3 heteroatoms. The Balaban J connectivity index is 3.36. The van der Waals surface area contributed by atoms with Crippen molar-refractivity contribution in [2.75, 3.05) is 13.1 Å². The first-order valence-electron chi connectivity index (χ1n) is 2.42. The van der Waals surface area contributed by atoms with Crippen molar-refractivity contribution in [1.29, 1.82) is 0 Å². The minimum atomic E-state index is -0.389. The number of rotatable bonds is 2. The zero-order valence-corrected chi connectivity index (χ0v) is 5.44. The zero-order chi connectivity index (χ0) is 5.91. The summed E-state index contributed by atoms with van der Waals surface area (Å²) in [5.74, 6) is 0. The molecule has 0 aromatic rings. The largest absolute Gasteiger partial charge is 0.204 e. The normalized spacial score (nSPS) is 12.0. The molecular weight excluding hydrogens is 114 g/mol. The maximum atomic E-state index is 8.83. The van der Waals surface area contributed by atoms with Crippen LogP contribution in [0.15, 0.2) is 0 Å². The maximum Gasteiger partial charge on any atom is 0.204 e. The highest BCUT2D eigenvalue weighted by molar-refractivity contribution is 6.06. The molecule has 0 unspecified atom stereocenters. The average molecular weight is 125 g/mol. The van der Waals surface area contributed by atoms with Crippen LogP contribution < -0.4 is 0 Å². The van der Waals surface area contributed by atoms with Gasteiger partial charge < -0.3 is 0 Å². The van der Waals surface area contributed by atoms with E-state index in [0.29, 0.717) is 13.1 Å². The molecule has 0 bridgehead atoms. The van der Waals surface area contributed by atoms with Gasteiger partial charge in [-0.25, -0.2) is 0 Å². The van der Waals surface area contributed by atoms with E-state index in [1.165, 1.54) is 0 Å². The van der Waals surface area contributed by atoms with Crippen molar-refractivity contribution in [2.45, 2.75) is 13.8 Å². The summed E-state index contributed by atoms with van der Waals surface area (Å²) in [5.41, 5.74) is 0. The van der Waals surface area contributed by atoms with E-state index >= 15 is 0 Å². The number of hydrogen-bond acceptors (Lipinski definition) is 1. The van der Waals surface area contributed by atoms with Crippen LogP contribution in [0.3, 0.4) is 0 Å². The van der Waals surface area contributed by atoms with Gasteiger partial charge >= 0.3 is 0 Å². The molecule has 0 amide bonds. The highest BCUT2D eigenvalue weighted by atomic mass is 35.5. The Morgan fingerprint density at radius 3 is 1.71 bits per heavy atom. The van der Waals surface area contributed by atoms with Crippen LogP contribution in [0.25, 0.3) is 0 Å². The summed E-state index contributed by atoms with van der Waals surface area (Å²) < 4.78 is -0.389. The lowest BCUT2D eigenvalue weighted by Gasteiger charge is -2.14. The first-order valence-corrected chi connectivity index (χ1v) is 2.75. The van der Waals surface area contributed by atoms with Crippen molar-refractivity contribution in [3.63, 3.8) is 0 Å². The molecule has 0 aliphatic heterocycles. The van der Waals surface area contributed by atoms with E-state index in [1.54, 1.807) is 0 Å². The van der Waals surface area contributed by atoms with E-state index < -0.39 is 0 Å². The molecule has 0 aromatic carbocycles. The van der Waals surface area contributed by atoms with Gasteiger partial charge in [0.1, 0.15) is 13.1 Å². The van der Waals surface area contributed by atoms with Gasteiger partial charge in [0.15, 0.2) is 0 Å². The molecule has 0 rings (SSSR count). The minimum absolute atomic E-state index is 0.389. The van der Waals surface area contributed by atoms with Gasteiger partial charge in [-0.2, -0.15) is 5.21 Å². The molecule has 44 valence electrons. The van der Waals surface area contributed by atoms with E-state index in [1.807, 2.05) is 13.8 Å². The van der Waals surface area contributed by atoms with Gasteiger partial charge in [-0.05, 0) is 13.8 Å². The van der Waals surface area contributed by atoms with E-state index in [4.69, 9.17) is 17.0 Å². The van der Waals surface area contributed by atoms with Crippen molar-refractivity contribution >= 4 is 11.8 Å². The fourth-order valence-corrected chi connectivity index (χ4v) is 0.224. The van der Waals surface area contributed by atoms with Crippen molar-refractivity contribution in [1.82, 2.24) is 0 Å². The third kappa shape index (κ3) is 2.85. The molecule has 0 spiro atoms. The van der Waals surface area contributed by atoms with Crippen LogP contribution in [-0.4, -0.2) is 22.5 Å². The number of hydrogen-bond donors (Lipinski definition) is 1. The third-order valence-electron chi connectivity index (χ3n) is 0.969. The quantitative estimate of drug-likeness (QED) is 0.436.